The monoisotopic (exact) mass is 257 g/mol. The SMILES string of the molecule is CCCCCNCC(C)Oc1ccc(F)c(F)c1. The third kappa shape index (κ3) is 5.45. The smallest absolute Gasteiger partial charge is 0.162 e. The van der Waals surface area contributed by atoms with Crippen molar-refractivity contribution >= 4 is 0 Å². The van der Waals surface area contributed by atoms with Crippen LogP contribution in [0.1, 0.15) is 33.1 Å². The van der Waals surface area contributed by atoms with Gasteiger partial charge in [0.2, 0.25) is 0 Å². The lowest BCUT2D eigenvalue weighted by atomic mass is 10.2. The highest BCUT2D eigenvalue weighted by atomic mass is 19.2. The number of nitrogens with one attached hydrogen (secondary N) is 1. The van der Waals surface area contributed by atoms with Crippen molar-refractivity contribution in [3.8, 4) is 5.75 Å². The summed E-state index contributed by atoms with van der Waals surface area (Å²) in [6, 6.07) is 3.58. The van der Waals surface area contributed by atoms with Gasteiger partial charge in [-0.3, -0.25) is 0 Å². The molecule has 0 aliphatic carbocycles. The number of rotatable bonds is 8. The van der Waals surface area contributed by atoms with E-state index in [0.717, 1.165) is 25.1 Å². The van der Waals surface area contributed by atoms with Gasteiger partial charge in [0.25, 0.3) is 0 Å². The Balaban J connectivity index is 2.26. The maximum absolute atomic E-state index is 13.0. The molecule has 0 fully saturated rings. The van der Waals surface area contributed by atoms with Gasteiger partial charge in [0.05, 0.1) is 0 Å². The molecule has 0 saturated carbocycles. The molecule has 2 nitrogen and oxygen atoms in total. The summed E-state index contributed by atoms with van der Waals surface area (Å²) >= 11 is 0. The molecule has 1 aromatic rings. The quantitative estimate of drug-likeness (QED) is 0.719. The molecule has 0 aliphatic rings. The summed E-state index contributed by atoms with van der Waals surface area (Å²) in [5.74, 6) is -1.37. The fourth-order valence-corrected chi connectivity index (χ4v) is 1.63. The summed E-state index contributed by atoms with van der Waals surface area (Å²) in [6.07, 6.45) is 3.49. The number of hydrogen-bond acceptors (Lipinski definition) is 2. The topological polar surface area (TPSA) is 21.3 Å². The molecule has 0 aliphatic heterocycles. The minimum absolute atomic E-state index is 0.0727. The van der Waals surface area contributed by atoms with E-state index in [4.69, 9.17) is 4.74 Å². The molecule has 0 spiro atoms. The number of hydrogen-bond donors (Lipinski definition) is 1. The predicted molar refractivity (Wildman–Crippen MR) is 68.8 cm³/mol. The Bertz CT molecular complexity index is 358. The Hall–Kier alpha value is -1.16. The first kappa shape index (κ1) is 14.9. The molecule has 1 N–H and O–H groups in total. The zero-order valence-electron chi connectivity index (χ0n) is 11.0. The lowest BCUT2D eigenvalue weighted by Crippen LogP contribution is -2.29. The van der Waals surface area contributed by atoms with Gasteiger partial charge in [-0.25, -0.2) is 8.78 Å². The van der Waals surface area contributed by atoms with E-state index in [1.807, 2.05) is 6.92 Å². The highest BCUT2D eigenvalue weighted by molar-refractivity contribution is 5.23. The predicted octanol–water partition coefficient (Wildman–Crippen LogP) is 3.51. The third-order valence-corrected chi connectivity index (χ3v) is 2.62. The summed E-state index contributed by atoms with van der Waals surface area (Å²) in [6.45, 7) is 5.71. The van der Waals surface area contributed by atoms with Crippen molar-refractivity contribution in [1.82, 2.24) is 5.32 Å². The molecule has 18 heavy (non-hydrogen) atoms. The van der Waals surface area contributed by atoms with E-state index in [2.05, 4.69) is 12.2 Å². The Morgan fingerprint density at radius 1 is 1.22 bits per heavy atom. The second kappa shape index (κ2) is 8.03. The van der Waals surface area contributed by atoms with Gasteiger partial charge < -0.3 is 10.1 Å². The normalized spacial score (nSPS) is 12.4. The van der Waals surface area contributed by atoms with Crippen molar-refractivity contribution in [1.29, 1.82) is 0 Å². The van der Waals surface area contributed by atoms with Gasteiger partial charge in [-0.2, -0.15) is 0 Å². The lowest BCUT2D eigenvalue weighted by Gasteiger charge is -2.15. The summed E-state index contributed by atoms with van der Waals surface area (Å²) in [4.78, 5) is 0. The Morgan fingerprint density at radius 3 is 2.67 bits per heavy atom. The summed E-state index contributed by atoms with van der Waals surface area (Å²) in [7, 11) is 0. The zero-order chi connectivity index (χ0) is 13.4. The number of benzene rings is 1. The van der Waals surface area contributed by atoms with Crippen LogP contribution in [-0.4, -0.2) is 19.2 Å². The minimum Gasteiger partial charge on any atom is -0.489 e. The lowest BCUT2D eigenvalue weighted by molar-refractivity contribution is 0.216. The van der Waals surface area contributed by atoms with Crippen LogP contribution in [0.4, 0.5) is 8.78 Å². The molecule has 0 heterocycles. The fourth-order valence-electron chi connectivity index (χ4n) is 1.63. The highest BCUT2D eigenvalue weighted by Gasteiger charge is 2.07. The van der Waals surface area contributed by atoms with Crippen molar-refractivity contribution in [2.45, 2.75) is 39.2 Å². The maximum Gasteiger partial charge on any atom is 0.162 e. The molecule has 1 aromatic carbocycles. The van der Waals surface area contributed by atoms with Crippen LogP contribution in [0.3, 0.4) is 0 Å². The molecule has 0 saturated heterocycles. The van der Waals surface area contributed by atoms with Crippen LogP contribution in [-0.2, 0) is 0 Å². The van der Waals surface area contributed by atoms with Crippen LogP contribution in [0, 0.1) is 11.6 Å². The first-order valence-corrected chi connectivity index (χ1v) is 6.46. The molecule has 1 atom stereocenters. The Kier molecular flexibility index (Phi) is 6.65. The van der Waals surface area contributed by atoms with E-state index in [9.17, 15) is 8.78 Å². The van der Waals surface area contributed by atoms with Crippen molar-refractivity contribution in [3.05, 3.63) is 29.8 Å². The minimum atomic E-state index is -0.879. The average Bonchev–Trinajstić information content (AvgIpc) is 2.34. The molecular weight excluding hydrogens is 236 g/mol. The van der Waals surface area contributed by atoms with Crippen molar-refractivity contribution in [2.75, 3.05) is 13.1 Å². The van der Waals surface area contributed by atoms with Crippen molar-refractivity contribution in [2.24, 2.45) is 0 Å². The standard InChI is InChI=1S/C14H21F2NO/c1-3-4-5-8-17-10-11(2)18-12-6-7-13(15)14(16)9-12/h6-7,9,11,17H,3-5,8,10H2,1-2H3. The molecule has 0 amide bonds. The second-order valence-electron chi connectivity index (χ2n) is 4.42. The molecule has 0 aromatic heterocycles. The Labute approximate surface area is 107 Å². The fraction of sp³-hybridized carbons (Fsp3) is 0.571. The van der Waals surface area contributed by atoms with Gasteiger partial charge >= 0.3 is 0 Å². The average molecular weight is 257 g/mol. The highest BCUT2D eigenvalue weighted by Crippen LogP contribution is 2.16. The first-order chi connectivity index (χ1) is 8.63. The zero-order valence-corrected chi connectivity index (χ0v) is 11.0. The Morgan fingerprint density at radius 2 is 2.00 bits per heavy atom. The van der Waals surface area contributed by atoms with E-state index >= 15 is 0 Å². The van der Waals surface area contributed by atoms with Gasteiger partial charge in [0.15, 0.2) is 11.6 Å². The number of unbranched alkanes of at least 4 members (excludes halogenated alkanes) is 2. The molecular formula is C14H21F2NO. The van der Waals surface area contributed by atoms with E-state index in [1.54, 1.807) is 0 Å². The number of halogens is 2. The van der Waals surface area contributed by atoms with Crippen LogP contribution in [0.5, 0.6) is 5.75 Å². The molecule has 0 bridgehead atoms. The van der Waals surface area contributed by atoms with Gasteiger partial charge in [-0.15, -0.1) is 0 Å². The molecule has 4 heteroatoms. The molecule has 1 unspecified atom stereocenters. The number of ether oxygens (including phenoxy) is 1. The van der Waals surface area contributed by atoms with Crippen LogP contribution >= 0.6 is 0 Å². The van der Waals surface area contributed by atoms with Gasteiger partial charge in [-0.1, -0.05) is 19.8 Å². The largest absolute Gasteiger partial charge is 0.489 e. The second-order valence-corrected chi connectivity index (χ2v) is 4.42. The van der Waals surface area contributed by atoms with E-state index < -0.39 is 11.6 Å². The first-order valence-electron chi connectivity index (χ1n) is 6.46. The maximum atomic E-state index is 13.0. The van der Waals surface area contributed by atoms with E-state index in [0.29, 0.717) is 12.3 Å². The van der Waals surface area contributed by atoms with Crippen LogP contribution in [0.2, 0.25) is 0 Å². The summed E-state index contributed by atoms with van der Waals surface area (Å²) in [5.41, 5.74) is 0. The van der Waals surface area contributed by atoms with E-state index in [-0.39, 0.29) is 6.10 Å². The van der Waals surface area contributed by atoms with E-state index in [1.165, 1.54) is 18.9 Å². The summed E-state index contributed by atoms with van der Waals surface area (Å²) < 4.78 is 31.2. The molecule has 102 valence electrons. The summed E-state index contributed by atoms with van der Waals surface area (Å²) in [5, 5.41) is 3.27. The van der Waals surface area contributed by atoms with Crippen molar-refractivity contribution in [3.63, 3.8) is 0 Å². The van der Waals surface area contributed by atoms with Crippen LogP contribution < -0.4 is 10.1 Å². The van der Waals surface area contributed by atoms with Crippen LogP contribution in [0.15, 0.2) is 18.2 Å². The van der Waals surface area contributed by atoms with Gasteiger partial charge in [0, 0.05) is 12.6 Å². The van der Waals surface area contributed by atoms with Gasteiger partial charge in [0.1, 0.15) is 11.9 Å². The third-order valence-electron chi connectivity index (χ3n) is 2.62. The molecule has 0 radical (unpaired) electrons. The van der Waals surface area contributed by atoms with Crippen LogP contribution in [0.25, 0.3) is 0 Å². The van der Waals surface area contributed by atoms with Crippen molar-refractivity contribution < 1.29 is 13.5 Å². The van der Waals surface area contributed by atoms with Gasteiger partial charge in [-0.05, 0) is 32.0 Å². The molecule has 1 rings (SSSR count).